The van der Waals surface area contributed by atoms with Crippen LogP contribution in [0.25, 0.3) is 11.1 Å². The molecule has 0 spiro atoms. The number of benzene rings is 3. The largest absolute Gasteiger partial charge is 0.478 e. The molecule has 0 fully saturated rings. The molecule has 0 bridgehead atoms. The van der Waals surface area contributed by atoms with Crippen molar-refractivity contribution in [3.8, 4) is 11.1 Å². The number of carbonyl (C=O) groups excluding carboxylic acids is 2. The highest BCUT2D eigenvalue weighted by Gasteiger charge is 2.28. The first-order chi connectivity index (χ1) is 16.8. The number of carboxylic acid groups (broad SMARTS) is 1. The number of fused-ring (bicyclic) bond motifs is 3. The van der Waals surface area contributed by atoms with Gasteiger partial charge in [0.15, 0.2) is 0 Å². The summed E-state index contributed by atoms with van der Waals surface area (Å²) in [5, 5.41) is 14.5. The number of hydrogen-bond acceptors (Lipinski definition) is 4. The Morgan fingerprint density at radius 1 is 1.00 bits per heavy atom. The summed E-state index contributed by atoms with van der Waals surface area (Å²) in [6.45, 7) is 1.87. The van der Waals surface area contributed by atoms with Crippen LogP contribution in [0, 0.1) is 0 Å². The number of hydrogen-bond donors (Lipinski definition) is 3. The summed E-state index contributed by atoms with van der Waals surface area (Å²) in [5.74, 6) is -1.63. The molecule has 1 aliphatic rings. The normalized spacial score (nSPS) is 12.5. The van der Waals surface area contributed by atoms with Gasteiger partial charge in [-0.15, -0.1) is 0 Å². The Labute approximate surface area is 207 Å². The van der Waals surface area contributed by atoms with Crippen LogP contribution in [-0.4, -0.2) is 36.2 Å². The molecule has 8 heteroatoms. The van der Waals surface area contributed by atoms with Gasteiger partial charge in [-0.05, 0) is 47.4 Å². The maximum absolute atomic E-state index is 12.4. The lowest BCUT2D eigenvalue weighted by molar-refractivity contribution is -0.112. The van der Waals surface area contributed by atoms with Gasteiger partial charge in [-0.3, -0.25) is 4.79 Å². The Bertz CT molecular complexity index is 1290. The number of aromatic carboxylic acids is 1. The van der Waals surface area contributed by atoms with Crippen LogP contribution in [0.3, 0.4) is 0 Å². The number of anilines is 1. The molecule has 2 amide bonds. The van der Waals surface area contributed by atoms with Gasteiger partial charge in [-0.1, -0.05) is 66.2 Å². The van der Waals surface area contributed by atoms with Crippen molar-refractivity contribution in [2.24, 2.45) is 0 Å². The van der Waals surface area contributed by atoms with E-state index in [1.54, 1.807) is 13.0 Å². The van der Waals surface area contributed by atoms with E-state index >= 15 is 0 Å². The molecule has 178 valence electrons. The fraction of sp³-hybridized carbons (Fsp3) is 0.148. The molecule has 0 heterocycles. The Morgan fingerprint density at radius 3 is 2.26 bits per heavy atom. The first-order valence-corrected chi connectivity index (χ1v) is 11.3. The molecule has 7 nitrogen and oxygen atoms in total. The number of carboxylic acids is 1. The van der Waals surface area contributed by atoms with Gasteiger partial charge in [0.05, 0.1) is 5.56 Å². The minimum atomic E-state index is -1.15. The fourth-order valence-corrected chi connectivity index (χ4v) is 4.28. The Balaban J connectivity index is 1.30. The van der Waals surface area contributed by atoms with Gasteiger partial charge in [0, 0.05) is 28.7 Å². The van der Waals surface area contributed by atoms with Crippen LogP contribution in [0.15, 0.2) is 78.4 Å². The number of halogens is 1. The quantitative estimate of drug-likeness (QED) is 0.381. The van der Waals surface area contributed by atoms with Crippen LogP contribution in [0.4, 0.5) is 10.5 Å². The van der Waals surface area contributed by atoms with Crippen LogP contribution in [-0.2, 0) is 9.53 Å². The van der Waals surface area contributed by atoms with E-state index in [1.807, 2.05) is 36.4 Å². The highest BCUT2D eigenvalue weighted by atomic mass is 35.5. The van der Waals surface area contributed by atoms with E-state index in [0.717, 1.165) is 22.3 Å². The smallest absolute Gasteiger partial charge is 0.407 e. The van der Waals surface area contributed by atoms with Gasteiger partial charge in [0.2, 0.25) is 0 Å². The van der Waals surface area contributed by atoms with Gasteiger partial charge in [-0.2, -0.15) is 0 Å². The summed E-state index contributed by atoms with van der Waals surface area (Å²) in [6, 6.07) is 20.2. The monoisotopic (exact) mass is 490 g/mol. The molecule has 0 unspecified atom stereocenters. The van der Waals surface area contributed by atoms with Crippen LogP contribution in [0.1, 0.15) is 34.3 Å². The van der Waals surface area contributed by atoms with E-state index in [0.29, 0.717) is 5.57 Å². The average Bonchev–Trinajstić information content (AvgIpc) is 3.16. The maximum atomic E-state index is 12.4. The lowest BCUT2D eigenvalue weighted by Gasteiger charge is -2.14. The average molecular weight is 491 g/mol. The minimum absolute atomic E-state index is 0.0358. The molecule has 4 rings (SSSR count). The number of ether oxygens (including phenoxy) is 1. The molecule has 3 aromatic carbocycles. The topological polar surface area (TPSA) is 105 Å². The lowest BCUT2D eigenvalue weighted by atomic mass is 9.98. The summed E-state index contributed by atoms with van der Waals surface area (Å²) in [6.07, 6.45) is 0.955. The summed E-state index contributed by atoms with van der Waals surface area (Å²) in [4.78, 5) is 35.8. The first kappa shape index (κ1) is 24.0. The molecule has 1 aliphatic carbocycles. The Hall–Kier alpha value is -4.10. The zero-order valence-corrected chi connectivity index (χ0v) is 19.6. The number of rotatable bonds is 7. The lowest BCUT2D eigenvalue weighted by Crippen LogP contribution is -2.26. The van der Waals surface area contributed by atoms with Crippen LogP contribution < -0.4 is 10.6 Å². The zero-order valence-electron chi connectivity index (χ0n) is 18.9. The predicted octanol–water partition coefficient (Wildman–Crippen LogP) is 5.46. The molecule has 0 saturated carbocycles. The van der Waals surface area contributed by atoms with E-state index in [9.17, 15) is 14.4 Å². The molecule has 0 aliphatic heterocycles. The third-order valence-corrected chi connectivity index (χ3v) is 5.98. The standard InChI is InChI=1S/C27H23ClN2O5/c1-16(25(31)30-19-13-17(26(32)33)12-18(28)14-19)10-11-29-27(34)35-15-24-22-8-4-2-6-20(22)21-7-3-5-9-23(21)24/h2-10,12-14,24H,11,15H2,1H3,(H,29,34)(H,30,31)(H,32,33)/b16-10+. The highest BCUT2D eigenvalue weighted by molar-refractivity contribution is 6.31. The van der Waals surface area contributed by atoms with Crippen molar-refractivity contribution in [1.29, 1.82) is 0 Å². The van der Waals surface area contributed by atoms with Crippen molar-refractivity contribution in [3.05, 3.63) is 100 Å². The fourth-order valence-electron chi connectivity index (χ4n) is 4.04. The molecule has 0 atom stereocenters. The second kappa shape index (κ2) is 10.4. The molecule has 0 radical (unpaired) electrons. The van der Waals surface area contributed by atoms with Crippen molar-refractivity contribution in [2.45, 2.75) is 12.8 Å². The van der Waals surface area contributed by atoms with E-state index in [2.05, 4.69) is 22.8 Å². The van der Waals surface area contributed by atoms with Crippen LogP contribution in [0.2, 0.25) is 5.02 Å². The van der Waals surface area contributed by atoms with E-state index in [4.69, 9.17) is 21.4 Å². The maximum Gasteiger partial charge on any atom is 0.407 e. The Kier molecular flexibility index (Phi) is 7.17. The van der Waals surface area contributed by atoms with Crippen molar-refractivity contribution >= 4 is 35.3 Å². The molecular weight excluding hydrogens is 468 g/mol. The molecular formula is C27H23ClN2O5. The van der Waals surface area contributed by atoms with Crippen molar-refractivity contribution in [1.82, 2.24) is 5.32 Å². The van der Waals surface area contributed by atoms with Crippen molar-refractivity contribution in [2.75, 3.05) is 18.5 Å². The second-order valence-electron chi connectivity index (χ2n) is 8.08. The van der Waals surface area contributed by atoms with Gasteiger partial charge < -0.3 is 20.5 Å². The first-order valence-electron chi connectivity index (χ1n) is 10.9. The van der Waals surface area contributed by atoms with Crippen LogP contribution in [0.5, 0.6) is 0 Å². The third-order valence-electron chi connectivity index (χ3n) is 5.76. The summed E-state index contributed by atoms with van der Waals surface area (Å²) >= 11 is 5.92. The summed E-state index contributed by atoms with van der Waals surface area (Å²) < 4.78 is 5.48. The Morgan fingerprint density at radius 2 is 1.63 bits per heavy atom. The van der Waals surface area contributed by atoms with Gasteiger partial charge >= 0.3 is 12.1 Å². The molecule has 0 aromatic heterocycles. The van der Waals surface area contributed by atoms with Crippen molar-refractivity contribution < 1.29 is 24.2 Å². The molecule has 3 N–H and O–H groups in total. The molecule has 0 saturated heterocycles. The number of amides is 2. The minimum Gasteiger partial charge on any atom is -0.478 e. The number of alkyl carbamates (subject to hydrolysis) is 1. The third kappa shape index (κ3) is 5.53. The summed E-state index contributed by atoms with van der Waals surface area (Å²) in [7, 11) is 0. The highest BCUT2D eigenvalue weighted by Crippen LogP contribution is 2.44. The van der Waals surface area contributed by atoms with Crippen molar-refractivity contribution in [3.63, 3.8) is 0 Å². The molecule has 3 aromatic rings. The van der Waals surface area contributed by atoms with Gasteiger partial charge in [-0.25, -0.2) is 9.59 Å². The van der Waals surface area contributed by atoms with E-state index in [-0.39, 0.29) is 35.3 Å². The van der Waals surface area contributed by atoms with Gasteiger partial charge in [0.1, 0.15) is 6.61 Å². The number of nitrogens with one attached hydrogen (secondary N) is 2. The zero-order chi connectivity index (χ0) is 24.9. The SMILES string of the molecule is C/C(=C\CNC(=O)OCC1c2ccccc2-c2ccccc21)C(=O)Nc1cc(Cl)cc(C(=O)O)c1. The number of carbonyl (C=O) groups is 3. The van der Waals surface area contributed by atoms with E-state index in [1.165, 1.54) is 18.2 Å². The molecule has 35 heavy (non-hydrogen) atoms. The van der Waals surface area contributed by atoms with E-state index < -0.39 is 18.0 Å². The van der Waals surface area contributed by atoms with Crippen LogP contribution >= 0.6 is 11.6 Å². The summed E-state index contributed by atoms with van der Waals surface area (Å²) in [5.41, 5.74) is 5.11. The van der Waals surface area contributed by atoms with Gasteiger partial charge in [0.25, 0.3) is 5.91 Å². The predicted molar refractivity (Wildman–Crippen MR) is 134 cm³/mol. The second-order valence-corrected chi connectivity index (χ2v) is 8.52.